The van der Waals surface area contributed by atoms with E-state index in [0.717, 1.165) is 16.6 Å². The van der Waals surface area contributed by atoms with Gasteiger partial charge in [0, 0.05) is 5.02 Å². The molecule has 0 amide bonds. The monoisotopic (exact) mass is 445 g/mol. The molecular weight excluding hydrogens is 430 g/mol. The summed E-state index contributed by atoms with van der Waals surface area (Å²) < 4.78 is 8.73. The van der Waals surface area contributed by atoms with Crippen molar-refractivity contribution in [2.75, 3.05) is 0 Å². The van der Waals surface area contributed by atoms with E-state index in [-0.39, 0.29) is 34.9 Å². The molecule has 0 unspecified atom stereocenters. The van der Waals surface area contributed by atoms with Crippen LogP contribution in [0, 0.1) is 5.41 Å². The van der Waals surface area contributed by atoms with Crippen LogP contribution in [0.5, 0.6) is 0 Å². The zero-order valence-corrected chi connectivity index (χ0v) is 16.7. The summed E-state index contributed by atoms with van der Waals surface area (Å²) in [5.74, 6) is 0.119. The number of carbonyl (C=O) groups is 1. The van der Waals surface area contributed by atoms with Gasteiger partial charge in [0.05, 0.1) is 30.4 Å². The Balaban J connectivity index is 0.00000210. The number of imidazole rings is 1. The molecule has 0 aliphatic rings. The Morgan fingerprint density at radius 2 is 1.63 bits per heavy atom. The highest BCUT2D eigenvalue weighted by Gasteiger charge is 2.16. The summed E-state index contributed by atoms with van der Waals surface area (Å²) in [5, 5.41) is 9.27. The van der Waals surface area contributed by atoms with Crippen molar-refractivity contribution in [3.05, 3.63) is 88.9 Å². The number of furan rings is 1. The van der Waals surface area contributed by atoms with E-state index in [2.05, 4.69) is 0 Å². The van der Waals surface area contributed by atoms with E-state index in [4.69, 9.17) is 21.4 Å². The van der Waals surface area contributed by atoms with Crippen molar-refractivity contribution in [2.24, 2.45) is 0 Å². The third kappa shape index (κ3) is 3.63. The summed E-state index contributed by atoms with van der Waals surface area (Å²) in [6.07, 6.45) is 1.47. The van der Waals surface area contributed by atoms with Crippen LogP contribution in [-0.4, -0.2) is 14.9 Å². The number of aromatic nitrogens is 2. The van der Waals surface area contributed by atoms with Gasteiger partial charge >= 0.3 is 0 Å². The number of nitrogens with zero attached hydrogens (tertiary/aromatic N) is 2. The molecule has 0 atom stereocenters. The van der Waals surface area contributed by atoms with Gasteiger partial charge < -0.3 is 13.6 Å². The SMILES string of the molecule is Br.N=c1n(CC(=O)c2ccco2)c2ccccc2n1Cc1ccccc1Cl. The first-order valence-corrected chi connectivity index (χ1v) is 8.55. The lowest BCUT2D eigenvalue weighted by atomic mass is 10.2. The molecule has 0 bridgehead atoms. The van der Waals surface area contributed by atoms with E-state index in [1.165, 1.54) is 6.26 Å². The van der Waals surface area contributed by atoms with Crippen LogP contribution < -0.4 is 5.62 Å². The zero-order valence-electron chi connectivity index (χ0n) is 14.3. The van der Waals surface area contributed by atoms with Gasteiger partial charge in [0.1, 0.15) is 0 Å². The van der Waals surface area contributed by atoms with E-state index in [9.17, 15) is 4.79 Å². The van der Waals surface area contributed by atoms with Gasteiger partial charge in [0.2, 0.25) is 11.4 Å². The van der Waals surface area contributed by atoms with Crippen LogP contribution >= 0.6 is 28.6 Å². The number of halogens is 2. The summed E-state index contributed by atoms with van der Waals surface area (Å²) in [7, 11) is 0. The van der Waals surface area contributed by atoms with Crippen molar-refractivity contribution in [3.63, 3.8) is 0 Å². The van der Waals surface area contributed by atoms with Crippen molar-refractivity contribution in [1.29, 1.82) is 5.41 Å². The number of benzene rings is 2. The predicted molar refractivity (Wildman–Crippen MR) is 110 cm³/mol. The number of Topliss-reactive ketones (excluding diaryl/α,β-unsaturated/α-hetero) is 1. The van der Waals surface area contributed by atoms with Crippen LogP contribution in [0.3, 0.4) is 0 Å². The Hall–Kier alpha value is -2.57. The molecule has 0 aliphatic carbocycles. The van der Waals surface area contributed by atoms with E-state index in [1.54, 1.807) is 16.7 Å². The lowest BCUT2D eigenvalue weighted by molar-refractivity contribution is 0.0944. The Labute approximate surface area is 171 Å². The van der Waals surface area contributed by atoms with Crippen molar-refractivity contribution in [3.8, 4) is 0 Å². The molecule has 5 nitrogen and oxygen atoms in total. The quantitative estimate of drug-likeness (QED) is 0.453. The van der Waals surface area contributed by atoms with Crippen molar-refractivity contribution in [2.45, 2.75) is 13.1 Å². The standard InChI is InChI=1S/C20H16ClN3O2.BrH/c21-15-7-2-1-6-14(15)12-23-16-8-3-4-9-17(16)24(20(23)22)13-18(25)19-10-5-11-26-19;/h1-11,22H,12-13H2;1H. The van der Waals surface area contributed by atoms with Crippen LogP contribution in [0.25, 0.3) is 11.0 Å². The Morgan fingerprint density at radius 1 is 0.963 bits per heavy atom. The van der Waals surface area contributed by atoms with Gasteiger partial charge in [0.25, 0.3) is 0 Å². The first-order valence-electron chi connectivity index (χ1n) is 8.18. The maximum atomic E-state index is 12.5. The second kappa shape index (κ2) is 7.98. The summed E-state index contributed by atoms with van der Waals surface area (Å²) in [5.41, 5.74) is 2.87. The molecule has 4 aromatic rings. The van der Waals surface area contributed by atoms with Crippen molar-refractivity contribution < 1.29 is 9.21 Å². The number of hydrogen-bond donors (Lipinski definition) is 1. The summed E-state index contributed by atoms with van der Waals surface area (Å²) in [6, 6.07) is 18.6. The number of hydrogen-bond acceptors (Lipinski definition) is 3. The third-order valence-electron chi connectivity index (χ3n) is 4.36. The first kappa shape index (κ1) is 19.2. The molecule has 27 heavy (non-hydrogen) atoms. The van der Waals surface area contributed by atoms with Gasteiger partial charge in [-0.25, -0.2) is 0 Å². The van der Waals surface area contributed by atoms with E-state index >= 15 is 0 Å². The largest absolute Gasteiger partial charge is 0.461 e. The second-order valence-corrected chi connectivity index (χ2v) is 6.38. The Morgan fingerprint density at radius 3 is 2.30 bits per heavy atom. The molecule has 0 fully saturated rings. The lowest BCUT2D eigenvalue weighted by Crippen LogP contribution is -2.27. The highest BCUT2D eigenvalue weighted by atomic mass is 79.9. The molecule has 4 rings (SSSR count). The Kier molecular flexibility index (Phi) is 5.68. The maximum absolute atomic E-state index is 12.5. The topological polar surface area (TPSA) is 63.9 Å². The molecular formula is C20H17BrClN3O2. The van der Waals surface area contributed by atoms with Gasteiger partial charge in [-0.2, -0.15) is 0 Å². The molecule has 2 aromatic heterocycles. The minimum atomic E-state index is -0.172. The fourth-order valence-corrected chi connectivity index (χ4v) is 3.27. The molecule has 1 N–H and O–H groups in total. The van der Waals surface area contributed by atoms with Gasteiger partial charge in [-0.15, -0.1) is 17.0 Å². The third-order valence-corrected chi connectivity index (χ3v) is 4.73. The summed E-state index contributed by atoms with van der Waals surface area (Å²) in [6.45, 7) is 0.503. The first-order chi connectivity index (χ1) is 12.6. The predicted octanol–water partition coefficient (Wildman–Crippen LogP) is 4.68. The van der Waals surface area contributed by atoms with Crippen LogP contribution in [0.2, 0.25) is 5.02 Å². The molecule has 2 heterocycles. The molecule has 138 valence electrons. The number of carbonyl (C=O) groups excluding carboxylic acids is 1. The van der Waals surface area contributed by atoms with E-state index in [1.807, 2.05) is 53.1 Å². The van der Waals surface area contributed by atoms with Gasteiger partial charge in [-0.1, -0.05) is 41.9 Å². The number of fused-ring (bicyclic) bond motifs is 1. The van der Waals surface area contributed by atoms with E-state index < -0.39 is 0 Å². The minimum absolute atomic E-state index is 0. The molecule has 0 aliphatic heterocycles. The zero-order chi connectivity index (χ0) is 18.1. The van der Waals surface area contributed by atoms with Crippen molar-refractivity contribution >= 4 is 45.4 Å². The maximum Gasteiger partial charge on any atom is 0.217 e. The fourth-order valence-electron chi connectivity index (χ4n) is 3.07. The molecule has 0 radical (unpaired) electrons. The summed E-state index contributed by atoms with van der Waals surface area (Å²) in [4.78, 5) is 12.5. The molecule has 0 spiro atoms. The van der Waals surface area contributed by atoms with E-state index in [0.29, 0.717) is 17.3 Å². The highest BCUT2D eigenvalue weighted by molar-refractivity contribution is 8.93. The molecule has 2 aromatic carbocycles. The van der Waals surface area contributed by atoms with Crippen molar-refractivity contribution in [1.82, 2.24) is 9.13 Å². The van der Waals surface area contributed by atoms with Crippen LogP contribution in [0.1, 0.15) is 16.1 Å². The number of nitrogens with one attached hydrogen (secondary N) is 1. The van der Waals surface area contributed by atoms with Gasteiger partial charge in [0.15, 0.2) is 5.76 Å². The van der Waals surface area contributed by atoms with Crippen LogP contribution in [0.15, 0.2) is 71.3 Å². The number of rotatable bonds is 5. The molecule has 7 heteroatoms. The van der Waals surface area contributed by atoms with Gasteiger partial charge in [-0.05, 0) is 35.9 Å². The molecule has 0 saturated heterocycles. The Bertz CT molecular complexity index is 1150. The average Bonchev–Trinajstić information content (AvgIpc) is 3.27. The smallest absolute Gasteiger partial charge is 0.217 e. The van der Waals surface area contributed by atoms with Gasteiger partial charge in [-0.3, -0.25) is 10.2 Å². The van der Waals surface area contributed by atoms with Crippen LogP contribution in [-0.2, 0) is 13.1 Å². The minimum Gasteiger partial charge on any atom is -0.461 e. The number of para-hydroxylation sites is 2. The summed E-state index contributed by atoms with van der Waals surface area (Å²) >= 11 is 6.29. The molecule has 0 saturated carbocycles. The van der Waals surface area contributed by atoms with Crippen LogP contribution in [0.4, 0.5) is 0 Å². The second-order valence-electron chi connectivity index (χ2n) is 5.98. The lowest BCUT2D eigenvalue weighted by Gasteiger charge is -2.06. The normalized spacial score (nSPS) is 10.7. The number of ketones is 1. The average molecular weight is 447 g/mol. The fraction of sp³-hybridized carbons (Fsp3) is 0.100. The highest BCUT2D eigenvalue weighted by Crippen LogP contribution is 2.19.